The van der Waals surface area contributed by atoms with Crippen LogP contribution in [0.2, 0.25) is 0 Å². The number of rotatable bonds is 15. The van der Waals surface area contributed by atoms with E-state index in [0.29, 0.717) is 24.2 Å². The normalized spacial score (nSPS) is 54.5. The molecule has 30 atom stereocenters. The van der Waals surface area contributed by atoms with E-state index in [1.807, 2.05) is 13.0 Å². The average molecular weight is 1080 g/mol. The topological polar surface area (TPSA) is 337 Å². The molecule has 4 aliphatic heterocycles. The summed E-state index contributed by atoms with van der Waals surface area (Å²) in [5, 5.41) is 140. The fourth-order valence-corrected chi connectivity index (χ4v) is 16.9. The summed E-state index contributed by atoms with van der Waals surface area (Å²) in [4.78, 5) is 0. The van der Waals surface area contributed by atoms with Gasteiger partial charge in [-0.25, -0.2) is 0 Å². The molecule has 9 rings (SSSR count). The molecule has 0 aromatic carbocycles. The Balaban J connectivity index is 0.871. The summed E-state index contributed by atoms with van der Waals surface area (Å²) in [6.45, 7) is 15.3. The van der Waals surface area contributed by atoms with Crippen molar-refractivity contribution in [2.75, 3.05) is 19.8 Å². The maximum atomic E-state index is 11.9. The highest BCUT2D eigenvalue weighted by molar-refractivity contribution is 5.31. The fraction of sp³-hybridized carbons (Fsp3) is 0.963. The molecule has 4 heterocycles. The Morgan fingerprint density at radius 1 is 0.573 bits per heavy atom. The molecule has 0 amide bonds. The van der Waals surface area contributed by atoms with Crippen LogP contribution in [0.3, 0.4) is 0 Å². The lowest BCUT2D eigenvalue weighted by Gasteiger charge is -2.63. The molecule has 0 radical (unpaired) electrons. The van der Waals surface area contributed by atoms with E-state index in [1.165, 1.54) is 13.3 Å². The lowest BCUT2D eigenvalue weighted by molar-refractivity contribution is -0.391. The third-order valence-corrected chi connectivity index (χ3v) is 21.7. The van der Waals surface area contributed by atoms with Gasteiger partial charge in [0.05, 0.1) is 44.2 Å². The number of fused-ring (bicyclic) bond motifs is 2. The van der Waals surface area contributed by atoms with E-state index < -0.39 is 142 Å². The SMILES string of the molecule is C/C(=C/C[C@@H](O)[C@@H](C)[C@@H]1CC[C@]2(C)[C@H]3CC[C@@H]4C(C)(C)[C@@H](O[C@@H]5O[C@@H](C)[C@@H](O[C@H]6O[C@H](CO[C@H]7O[C@H](CO)[C@@H](O)[C@H](O)[C@@H]7O)[C@H](O)[C@H](O)[C@H]6O[C@H]6O[C@H](C)[C@H](O)[C@@H](O)[C@@H]6O)[C@@H](O)[C@@H]5O)CC[C@@]45C[C@@]35CC[C@]12C)CO. The molecule has 5 aliphatic carbocycles. The highest BCUT2D eigenvalue weighted by Crippen LogP contribution is 2.89. The molecule has 0 aromatic rings. The molecule has 21 nitrogen and oxygen atoms in total. The second kappa shape index (κ2) is 21.7. The third kappa shape index (κ3) is 9.65. The molecule has 13 N–H and O–H groups in total. The van der Waals surface area contributed by atoms with Crippen molar-refractivity contribution in [3.05, 3.63) is 11.6 Å². The van der Waals surface area contributed by atoms with Crippen LogP contribution >= 0.6 is 0 Å². The van der Waals surface area contributed by atoms with Crippen LogP contribution in [0.5, 0.6) is 0 Å². The van der Waals surface area contributed by atoms with Gasteiger partial charge >= 0.3 is 0 Å². The second-order valence-electron chi connectivity index (χ2n) is 25.6. The zero-order chi connectivity index (χ0) is 54.6. The van der Waals surface area contributed by atoms with Gasteiger partial charge in [-0.3, -0.25) is 0 Å². The van der Waals surface area contributed by atoms with Crippen LogP contribution in [0.25, 0.3) is 0 Å². The van der Waals surface area contributed by atoms with Gasteiger partial charge in [-0.15, -0.1) is 0 Å². The van der Waals surface area contributed by atoms with E-state index in [1.54, 1.807) is 6.92 Å². The third-order valence-electron chi connectivity index (χ3n) is 21.7. The first-order chi connectivity index (χ1) is 35.2. The summed E-state index contributed by atoms with van der Waals surface area (Å²) >= 11 is 0. The van der Waals surface area contributed by atoms with Gasteiger partial charge in [-0.2, -0.15) is 0 Å². The van der Waals surface area contributed by atoms with Crippen molar-refractivity contribution in [1.29, 1.82) is 0 Å². The molecule has 4 saturated heterocycles. The Labute approximate surface area is 440 Å². The maximum absolute atomic E-state index is 11.9. The molecule has 75 heavy (non-hydrogen) atoms. The summed E-state index contributed by atoms with van der Waals surface area (Å²) in [6, 6.07) is 0. The smallest absolute Gasteiger partial charge is 0.187 e. The Morgan fingerprint density at radius 3 is 1.84 bits per heavy atom. The Morgan fingerprint density at radius 2 is 1.15 bits per heavy atom. The highest BCUT2D eigenvalue weighted by Gasteiger charge is 2.82. The lowest BCUT2D eigenvalue weighted by atomic mass is 9.41. The van der Waals surface area contributed by atoms with E-state index in [4.69, 9.17) is 37.9 Å². The van der Waals surface area contributed by atoms with E-state index in [2.05, 4.69) is 34.6 Å². The van der Waals surface area contributed by atoms with Crippen LogP contribution in [-0.4, -0.2) is 221 Å². The van der Waals surface area contributed by atoms with Crippen LogP contribution in [0, 0.1) is 50.7 Å². The number of ether oxygens (including phenoxy) is 8. The fourth-order valence-electron chi connectivity index (χ4n) is 16.9. The summed E-state index contributed by atoms with van der Waals surface area (Å²) in [6.07, 6.45) is -20.5. The quantitative estimate of drug-likeness (QED) is 0.0724. The van der Waals surface area contributed by atoms with Gasteiger partial charge in [-0.1, -0.05) is 46.3 Å². The Hall–Kier alpha value is -1.10. The predicted octanol–water partition coefficient (Wildman–Crippen LogP) is -0.536. The van der Waals surface area contributed by atoms with Crippen molar-refractivity contribution in [1.82, 2.24) is 0 Å². The Kier molecular flexibility index (Phi) is 16.9. The van der Waals surface area contributed by atoms with Gasteiger partial charge in [0.1, 0.15) is 85.5 Å². The molecular weight excluding hydrogens is 985 g/mol. The summed E-state index contributed by atoms with van der Waals surface area (Å²) < 4.78 is 48.3. The zero-order valence-electron chi connectivity index (χ0n) is 44.9. The van der Waals surface area contributed by atoms with Gasteiger partial charge in [-0.05, 0) is 136 Å². The number of hydrogen-bond donors (Lipinski definition) is 13. The molecule has 2 spiro atoms. The maximum Gasteiger partial charge on any atom is 0.187 e. The first kappa shape index (κ1) is 58.6. The van der Waals surface area contributed by atoms with Crippen molar-refractivity contribution >= 4 is 0 Å². The predicted molar refractivity (Wildman–Crippen MR) is 261 cm³/mol. The van der Waals surface area contributed by atoms with Crippen LogP contribution in [0.4, 0.5) is 0 Å². The molecule has 0 bridgehead atoms. The monoisotopic (exact) mass is 1070 g/mol. The highest BCUT2D eigenvalue weighted by atomic mass is 16.8. The van der Waals surface area contributed by atoms with Crippen LogP contribution in [-0.2, 0) is 37.9 Å². The van der Waals surface area contributed by atoms with Crippen molar-refractivity contribution in [3.8, 4) is 0 Å². The van der Waals surface area contributed by atoms with Gasteiger partial charge in [0.15, 0.2) is 25.2 Å². The molecule has 9 aliphatic rings. The van der Waals surface area contributed by atoms with Crippen molar-refractivity contribution in [2.24, 2.45) is 50.7 Å². The number of aliphatic hydroxyl groups excluding tert-OH is 13. The van der Waals surface area contributed by atoms with E-state index in [0.717, 1.165) is 56.9 Å². The van der Waals surface area contributed by atoms with E-state index in [-0.39, 0.29) is 45.7 Å². The van der Waals surface area contributed by atoms with E-state index in [9.17, 15) is 66.4 Å². The van der Waals surface area contributed by atoms with E-state index >= 15 is 0 Å². The molecular formula is C54H90O21. The van der Waals surface area contributed by atoms with Gasteiger partial charge < -0.3 is 104 Å². The standard InChI is InChI=1S/C54H90O21/c1-23(19-55)9-10-28(57)24(2)27-13-15-52(8)32-12-11-31-50(5,6)33(14-16-53(31)22-54(32,53)18-17-51(27,52)7)73-47-43(67)40(64)44(26(4)70-47)74-49-45(75-48-42(66)37(61)34(58)25(3)69-48)39(63)36(60)30(72-49)21-68-46-41(65)38(62)35(59)29(20-56)71-46/h9,24-49,55-67H,10-22H2,1-8H3/b23-9-/t24-,25+,26-,27-,28+,29+,30+,31+,32+,33-,34-,35+,36-,37+,38-,39-,40-,41-,42-,43-,44+,45+,46-,47-,48+,49+,51+,52+,53+,54-/m0/s1. The van der Waals surface area contributed by atoms with Gasteiger partial charge in [0, 0.05) is 0 Å². The van der Waals surface area contributed by atoms with Crippen molar-refractivity contribution in [2.45, 2.75) is 255 Å². The summed E-state index contributed by atoms with van der Waals surface area (Å²) in [7, 11) is 0. The minimum atomic E-state index is -1.92. The molecule has 432 valence electrons. The summed E-state index contributed by atoms with van der Waals surface area (Å²) in [5.41, 5.74) is 1.19. The molecule has 0 unspecified atom stereocenters. The minimum absolute atomic E-state index is 0.00298. The Bertz CT molecular complexity index is 2000. The zero-order valence-corrected chi connectivity index (χ0v) is 44.9. The molecule has 21 heteroatoms. The number of aliphatic hydroxyl groups is 13. The average Bonchev–Trinajstić information content (AvgIpc) is 4.20. The van der Waals surface area contributed by atoms with Gasteiger partial charge in [0.25, 0.3) is 0 Å². The molecule has 5 saturated carbocycles. The van der Waals surface area contributed by atoms with Crippen molar-refractivity contribution < 1.29 is 104 Å². The number of hydrogen-bond acceptors (Lipinski definition) is 21. The van der Waals surface area contributed by atoms with Crippen LogP contribution in [0.1, 0.15) is 120 Å². The van der Waals surface area contributed by atoms with Gasteiger partial charge in [0.2, 0.25) is 0 Å². The first-order valence-electron chi connectivity index (χ1n) is 27.8. The molecule has 0 aromatic heterocycles. The van der Waals surface area contributed by atoms with Crippen molar-refractivity contribution in [3.63, 3.8) is 0 Å². The second-order valence-corrected chi connectivity index (χ2v) is 25.6. The largest absolute Gasteiger partial charge is 0.394 e. The molecule has 9 fully saturated rings. The lowest BCUT2D eigenvalue weighted by Crippen LogP contribution is -2.67. The minimum Gasteiger partial charge on any atom is -0.394 e. The first-order valence-corrected chi connectivity index (χ1v) is 27.8. The summed E-state index contributed by atoms with van der Waals surface area (Å²) in [5.74, 6) is 1.47. The van der Waals surface area contributed by atoms with Crippen LogP contribution in [0.15, 0.2) is 11.6 Å². The van der Waals surface area contributed by atoms with Crippen LogP contribution < -0.4 is 0 Å².